The molecule has 3 heteroatoms. The molecule has 1 atom stereocenters. The molecule has 1 aromatic rings. The molecule has 0 fully saturated rings. The molecule has 1 rings (SSSR count). The van der Waals surface area contributed by atoms with Gasteiger partial charge in [-0.3, -0.25) is 0 Å². The topological polar surface area (TPSA) is 35.5 Å². The lowest BCUT2D eigenvalue weighted by molar-refractivity contribution is -0.155. The molecule has 0 bridgehead atoms. The first kappa shape index (κ1) is 17.4. The highest BCUT2D eigenvalue weighted by Gasteiger charge is 2.28. The molecule has 0 aliphatic rings. The van der Waals surface area contributed by atoms with Crippen LogP contribution >= 0.6 is 0 Å². The van der Waals surface area contributed by atoms with Crippen LogP contribution in [0.1, 0.15) is 46.1 Å². The highest BCUT2D eigenvalue weighted by Crippen LogP contribution is 2.27. The lowest BCUT2D eigenvalue weighted by Crippen LogP contribution is -2.33. The smallest absolute Gasteiger partial charge is 0.330 e. The van der Waals surface area contributed by atoms with E-state index in [1.807, 2.05) is 45.9 Å². The zero-order valence-corrected chi connectivity index (χ0v) is 13.5. The number of benzene rings is 1. The average Bonchev–Trinajstić information content (AvgIpc) is 2.47. The van der Waals surface area contributed by atoms with Crippen LogP contribution in [0.4, 0.5) is 0 Å². The third-order valence-corrected chi connectivity index (χ3v) is 3.82. The zero-order valence-electron chi connectivity index (χ0n) is 13.5. The van der Waals surface area contributed by atoms with Crippen LogP contribution in [0, 0.1) is 0 Å². The van der Waals surface area contributed by atoms with E-state index in [2.05, 4.69) is 18.7 Å². The van der Waals surface area contributed by atoms with E-state index in [0.717, 1.165) is 12.0 Å². The van der Waals surface area contributed by atoms with E-state index in [0.29, 0.717) is 13.0 Å². The van der Waals surface area contributed by atoms with Crippen LogP contribution in [-0.2, 0) is 19.9 Å². The summed E-state index contributed by atoms with van der Waals surface area (Å²) in [4.78, 5) is 11.4. The Morgan fingerprint density at radius 1 is 1.24 bits per heavy atom. The molecule has 0 amide bonds. The van der Waals surface area contributed by atoms with Crippen molar-refractivity contribution in [2.24, 2.45) is 0 Å². The number of esters is 1. The molecule has 0 saturated heterocycles. The predicted molar refractivity (Wildman–Crippen MR) is 85.0 cm³/mol. The molecule has 21 heavy (non-hydrogen) atoms. The molecule has 0 aromatic heterocycles. The SMILES string of the molecule is C=CC(=O)OC(C)(CC)CCOC(C)(C)c1ccccc1. The Labute approximate surface area is 128 Å². The van der Waals surface area contributed by atoms with Crippen LogP contribution in [0.15, 0.2) is 43.0 Å². The Morgan fingerprint density at radius 2 is 1.86 bits per heavy atom. The molecule has 0 radical (unpaired) electrons. The molecule has 116 valence electrons. The minimum Gasteiger partial charge on any atom is -0.456 e. The molecule has 1 unspecified atom stereocenters. The molecule has 0 N–H and O–H groups in total. The summed E-state index contributed by atoms with van der Waals surface area (Å²) in [6.45, 7) is 12.0. The van der Waals surface area contributed by atoms with Gasteiger partial charge in [-0.2, -0.15) is 0 Å². The zero-order chi connectivity index (χ0) is 15.9. The van der Waals surface area contributed by atoms with E-state index in [-0.39, 0.29) is 11.6 Å². The fourth-order valence-corrected chi connectivity index (χ4v) is 2.03. The summed E-state index contributed by atoms with van der Waals surface area (Å²) in [5.74, 6) is -0.387. The second-order valence-corrected chi connectivity index (χ2v) is 5.90. The van der Waals surface area contributed by atoms with Crippen molar-refractivity contribution in [2.75, 3.05) is 6.61 Å². The molecule has 3 nitrogen and oxygen atoms in total. The monoisotopic (exact) mass is 290 g/mol. The molecule has 0 saturated carbocycles. The van der Waals surface area contributed by atoms with E-state index >= 15 is 0 Å². The third-order valence-electron chi connectivity index (χ3n) is 3.82. The Hall–Kier alpha value is -1.61. The van der Waals surface area contributed by atoms with Crippen molar-refractivity contribution in [2.45, 2.75) is 51.7 Å². The third kappa shape index (κ3) is 5.35. The molecule has 0 aliphatic carbocycles. The Bertz CT molecular complexity index is 465. The van der Waals surface area contributed by atoms with Gasteiger partial charge in [0.1, 0.15) is 5.60 Å². The maximum Gasteiger partial charge on any atom is 0.330 e. The Morgan fingerprint density at radius 3 is 2.38 bits per heavy atom. The fourth-order valence-electron chi connectivity index (χ4n) is 2.03. The largest absolute Gasteiger partial charge is 0.456 e. The molecular weight excluding hydrogens is 264 g/mol. The van der Waals surface area contributed by atoms with Gasteiger partial charge in [0, 0.05) is 12.5 Å². The summed E-state index contributed by atoms with van der Waals surface area (Å²) in [7, 11) is 0. The van der Waals surface area contributed by atoms with Gasteiger partial charge in [-0.05, 0) is 32.8 Å². The van der Waals surface area contributed by atoms with Crippen LogP contribution in [-0.4, -0.2) is 18.2 Å². The van der Waals surface area contributed by atoms with E-state index < -0.39 is 5.60 Å². The van der Waals surface area contributed by atoms with Gasteiger partial charge in [0.05, 0.1) is 12.2 Å². The van der Waals surface area contributed by atoms with Crippen molar-refractivity contribution in [3.63, 3.8) is 0 Å². The van der Waals surface area contributed by atoms with Crippen LogP contribution in [0.2, 0.25) is 0 Å². The summed E-state index contributed by atoms with van der Waals surface area (Å²) in [5.41, 5.74) is 0.252. The van der Waals surface area contributed by atoms with Crippen LogP contribution in [0.5, 0.6) is 0 Å². The van der Waals surface area contributed by atoms with Crippen LogP contribution in [0.25, 0.3) is 0 Å². The van der Waals surface area contributed by atoms with Gasteiger partial charge in [0.25, 0.3) is 0 Å². The van der Waals surface area contributed by atoms with Gasteiger partial charge in [-0.25, -0.2) is 4.79 Å². The van der Waals surface area contributed by atoms with E-state index in [1.165, 1.54) is 6.08 Å². The number of rotatable bonds is 8. The number of ether oxygens (including phenoxy) is 2. The highest BCUT2D eigenvalue weighted by molar-refractivity contribution is 5.81. The molecule has 0 heterocycles. The van der Waals surface area contributed by atoms with Gasteiger partial charge < -0.3 is 9.47 Å². The normalized spacial score (nSPS) is 14.3. The predicted octanol–water partition coefficient (Wildman–Crippen LogP) is 4.23. The van der Waals surface area contributed by atoms with Gasteiger partial charge in [-0.1, -0.05) is 43.8 Å². The molecule has 0 aliphatic heterocycles. The molecular formula is C18H26O3. The van der Waals surface area contributed by atoms with Gasteiger partial charge in [0.2, 0.25) is 0 Å². The molecule has 1 aromatic carbocycles. The summed E-state index contributed by atoms with van der Waals surface area (Å²) in [6.07, 6.45) is 2.59. The number of carbonyl (C=O) groups excluding carboxylic acids is 1. The molecule has 0 spiro atoms. The first-order valence-corrected chi connectivity index (χ1v) is 7.38. The van der Waals surface area contributed by atoms with Gasteiger partial charge in [-0.15, -0.1) is 0 Å². The number of hydrogen-bond acceptors (Lipinski definition) is 3. The standard InChI is InChI=1S/C18H26O3/c1-6-16(19)21-18(5,7-2)13-14-20-17(3,4)15-11-9-8-10-12-15/h6,8-12H,1,7,13-14H2,2-5H3. The number of hydrogen-bond donors (Lipinski definition) is 0. The Kier molecular flexibility index (Phi) is 6.16. The van der Waals surface area contributed by atoms with Crippen molar-refractivity contribution in [3.8, 4) is 0 Å². The van der Waals surface area contributed by atoms with Crippen molar-refractivity contribution in [3.05, 3.63) is 48.6 Å². The number of carbonyl (C=O) groups is 1. The van der Waals surface area contributed by atoms with Gasteiger partial charge in [0.15, 0.2) is 0 Å². The maximum absolute atomic E-state index is 11.4. The minimum absolute atomic E-state index is 0.363. The van der Waals surface area contributed by atoms with E-state index in [1.54, 1.807) is 0 Å². The lowest BCUT2D eigenvalue weighted by Gasteiger charge is -2.31. The summed E-state index contributed by atoms with van der Waals surface area (Å²) < 4.78 is 11.4. The summed E-state index contributed by atoms with van der Waals surface area (Å²) >= 11 is 0. The fraction of sp³-hybridized carbons (Fsp3) is 0.500. The van der Waals surface area contributed by atoms with Crippen molar-refractivity contribution < 1.29 is 14.3 Å². The highest BCUT2D eigenvalue weighted by atomic mass is 16.6. The first-order valence-electron chi connectivity index (χ1n) is 7.38. The second kappa shape index (κ2) is 7.41. The first-order chi connectivity index (χ1) is 9.83. The van der Waals surface area contributed by atoms with Crippen LogP contribution in [0.3, 0.4) is 0 Å². The van der Waals surface area contributed by atoms with Gasteiger partial charge >= 0.3 is 5.97 Å². The second-order valence-electron chi connectivity index (χ2n) is 5.90. The van der Waals surface area contributed by atoms with Crippen molar-refractivity contribution in [1.29, 1.82) is 0 Å². The summed E-state index contributed by atoms with van der Waals surface area (Å²) in [6, 6.07) is 10.1. The van der Waals surface area contributed by atoms with E-state index in [9.17, 15) is 4.79 Å². The van der Waals surface area contributed by atoms with Crippen molar-refractivity contribution >= 4 is 5.97 Å². The van der Waals surface area contributed by atoms with E-state index in [4.69, 9.17) is 9.47 Å². The quantitative estimate of drug-likeness (QED) is 0.531. The lowest BCUT2D eigenvalue weighted by atomic mass is 9.97. The maximum atomic E-state index is 11.4. The summed E-state index contributed by atoms with van der Waals surface area (Å²) in [5, 5.41) is 0. The van der Waals surface area contributed by atoms with Crippen LogP contribution < -0.4 is 0 Å². The Balaban J connectivity index is 2.58. The average molecular weight is 290 g/mol. The van der Waals surface area contributed by atoms with Crippen molar-refractivity contribution in [1.82, 2.24) is 0 Å². The minimum atomic E-state index is -0.516.